The maximum atomic E-state index is 12.7. The number of rotatable bonds is 4. The third kappa shape index (κ3) is 3.63. The van der Waals surface area contributed by atoms with E-state index in [0.29, 0.717) is 13.1 Å². The van der Waals surface area contributed by atoms with Gasteiger partial charge in [0.05, 0.1) is 12.5 Å². The highest BCUT2D eigenvalue weighted by Crippen LogP contribution is 2.27. The fraction of sp³-hybridized carbons (Fsp3) is 0.318. The minimum absolute atomic E-state index is 0.0524. The smallest absolute Gasteiger partial charge is 0.246 e. The normalized spacial score (nSPS) is 18.7. The van der Waals surface area contributed by atoms with Crippen molar-refractivity contribution in [1.82, 2.24) is 5.32 Å². The van der Waals surface area contributed by atoms with Crippen LogP contribution in [0.2, 0.25) is 0 Å². The SMILES string of the molecule is O=C(NCC(=O)N1CCCc2ccccc21)[C@@H]1CC(=O)N(c2ccccc2)C1. The largest absolute Gasteiger partial charge is 0.347 e. The van der Waals surface area contributed by atoms with Crippen molar-refractivity contribution >= 4 is 29.1 Å². The van der Waals surface area contributed by atoms with Gasteiger partial charge in [-0.3, -0.25) is 14.4 Å². The van der Waals surface area contributed by atoms with Gasteiger partial charge in [-0.2, -0.15) is 0 Å². The number of nitrogens with one attached hydrogen (secondary N) is 1. The Bertz CT molecular complexity index is 897. The molecule has 1 saturated heterocycles. The first-order chi connectivity index (χ1) is 13.6. The second-order valence-corrected chi connectivity index (χ2v) is 7.24. The van der Waals surface area contributed by atoms with Crippen molar-refractivity contribution in [2.75, 3.05) is 29.4 Å². The summed E-state index contributed by atoms with van der Waals surface area (Å²) in [6, 6.07) is 17.2. The van der Waals surface area contributed by atoms with Gasteiger partial charge in [-0.1, -0.05) is 36.4 Å². The van der Waals surface area contributed by atoms with Crippen LogP contribution in [0, 0.1) is 5.92 Å². The van der Waals surface area contributed by atoms with Crippen LogP contribution in [0.5, 0.6) is 0 Å². The number of nitrogens with zero attached hydrogens (tertiary/aromatic N) is 2. The Morgan fingerprint density at radius 2 is 1.79 bits per heavy atom. The summed E-state index contributed by atoms with van der Waals surface area (Å²) < 4.78 is 0. The summed E-state index contributed by atoms with van der Waals surface area (Å²) in [6.45, 7) is 0.952. The number of para-hydroxylation sites is 2. The molecule has 144 valence electrons. The number of carbonyl (C=O) groups is 3. The first kappa shape index (κ1) is 18.2. The van der Waals surface area contributed by atoms with Crippen LogP contribution < -0.4 is 15.1 Å². The van der Waals surface area contributed by atoms with E-state index in [-0.39, 0.29) is 30.7 Å². The molecule has 0 spiro atoms. The van der Waals surface area contributed by atoms with E-state index >= 15 is 0 Å². The molecule has 1 fully saturated rings. The molecule has 6 heteroatoms. The Balaban J connectivity index is 1.35. The molecule has 2 aliphatic heterocycles. The molecule has 2 heterocycles. The van der Waals surface area contributed by atoms with Crippen molar-refractivity contribution in [1.29, 1.82) is 0 Å². The summed E-state index contributed by atoms with van der Waals surface area (Å²) >= 11 is 0. The Labute approximate surface area is 164 Å². The molecule has 0 radical (unpaired) electrons. The van der Waals surface area contributed by atoms with Gasteiger partial charge in [0, 0.05) is 30.9 Å². The Morgan fingerprint density at radius 1 is 1.04 bits per heavy atom. The highest BCUT2D eigenvalue weighted by Gasteiger charge is 2.35. The molecule has 2 aromatic rings. The summed E-state index contributed by atoms with van der Waals surface area (Å²) in [7, 11) is 0. The molecule has 2 aromatic carbocycles. The number of aryl methyl sites for hydroxylation is 1. The second-order valence-electron chi connectivity index (χ2n) is 7.24. The van der Waals surface area contributed by atoms with Crippen molar-refractivity contribution in [3.63, 3.8) is 0 Å². The number of anilines is 2. The number of carbonyl (C=O) groups excluding carboxylic acids is 3. The highest BCUT2D eigenvalue weighted by atomic mass is 16.2. The lowest BCUT2D eigenvalue weighted by molar-refractivity contribution is -0.128. The average molecular weight is 377 g/mol. The van der Waals surface area contributed by atoms with Gasteiger partial charge in [0.25, 0.3) is 0 Å². The van der Waals surface area contributed by atoms with Crippen molar-refractivity contribution in [2.24, 2.45) is 5.92 Å². The highest BCUT2D eigenvalue weighted by molar-refractivity contribution is 6.02. The molecular weight excluding hydrogens is 354 g/mol. The third-order valence-electron chi connectivity index (χ3n) is 5.39. The fourth-order valence-corrected chi connectivity index (χ4v) is 3.94. The van der Waals surface area contributed by atoms with E-state index < -0.39 is 5.92 Å². The third-order valence-corrected chi connectivity index (χ3v) is 5.39. The number of hydrogen-bond acceptors (Lipinski definition) is 3. The summed E-state index contributed by atoms with van der Waals surface area (Å²) in [6.07, 6.45) is 2.05. The quantitative estimate of drug-likeness (QED) is 0.888. The van der Waals surface area contributed by atoms with E-state index in [4.69, 9.17) is 0 Å². The van der Waals surface area contributed by atoms with Gasteiger partial charge in [0.2, 0.25) is 17.7 Å². The number of fused-ring (bicyclic) bond motifs is 1. The maximum Gasteiger partial charge on any atom is 0.246 e. The van der Waals surface area contributed by atoms with Gasteiger partial charge in [0.15, 0.2) is 0 Å². The average Bonchev–Trinajstić information content (AvgIpc) is 3.13. The van der Waals surface area contributed by atoms with Crippen LogP contribution in [-0.4, -0.2) is 37.4 Å². The zero-order valence-electron chi connectivity index (χ0n) is 15.6. The van der Waals surface area contributed by atoms with E-state index in [1.54, 1.807) is 9.80 Å². The number of benzene rings is 2. The molecule has 0 unspecified atom stereocenters. The van der Waals surface area contributed by atoms with Crippen LogP contribution in [0.15, 0.2) is 54.6 Å². The first-order valence-corrected chi connectivity index (χ1v) is 9.65. The molecule has 0 aromatic heterocycles. The molecule has 1 N–H and O–H groups in total. The van der Waals surface area contributed by atoms with Gasteiger partial charge in [-0.15, -0.1) is 0 Å². The summed E-state index contributed by atoms with van der Waals surface area (Å²) in [5.41, 5.74) is 2.89. The van der Waals surface area contributed by atoms with Gasteiger partial charge in [0.1, 0.15) is 0 Å². The molecule has 28 heavy (non-hydrogen) atoms. The molecule has 4 rings (SSSR count). The minimum Gasteiger partial charge on any atom is -0.347 e. The van der Waals surface area contributed by atoms with Crippen molar-refractivity contribution in [3.05, 3.63) is 60.2 Å². The van der Waals surface area contributed by atoms with Gasteiger partial charge in [-0.05, 0) is 36.6 Å². The second kappa shape index (κ2) is 7.84. The zero-order chi connectivity index (χ0) is 19.5. The van der Waals surface area contributed by atoms with E-state index in [2.05, 4.69) is 5.32 Å². The topological polar surface area (TPSA) is 69.7 Å². The first-order valence-electron chi connectivity index (χ1n) is 9.65. The van der Waals surface area contributed by atoms with E-state index in [1.807, 2.05) is 54.6 Å². The van der Waals surface area contributed by atoms with Gasteiger partial charge >= 0.3 is 0 Å². The lowest BCUT2D eigenvalue weighted by atomic mass is 10.0. The Morgan fingerprint density at radius 3 is 2.61 bits per heavy atom. The summed E-state index contributed by atoms with van der Waals surface area (Å²) in [5.74, 6) is -0.869. The molecule has 2 aliphatic rings. The van der Waals surface area contributed by atoms with Crippen molar-refractivity contribution in [3.8, 4) is 0 Å². The number of hydrogen-bond donors (Lipinski definition) is 1. The van der Waals surface area contributed by atoms with Crippen LogP contribution in [0.1, 0.15) is 18.4 Å². The standard InChI is InChI=1S/C22H23N3O3/c26-20-13-17(15-25(20)18-9-2-1-3-10-18)22(28)23-14-21(27)24-12-6-8-16-7-4-5-11-19(16)24/h1-5,7,9-11,17H,6,8,12-15H2,(H,23,28)/t17-/m1/s1. The van der Waals surface area contributed by atoms with Crippen LogP contribution in [-0.2, 0) is 20.8 Å². The molecular formula is C22H23N3O3. The van der Waals surface area contributed by atoms with E-state index in [0.717, 1.165) is 29.8 Å². The number of amides is 3. The van der Waals surface area contributed by atoms with Crippen LogP contribution in [0.3, 0.4) is 0 Å². The maximum absolute atomic E-state index is 12.7. The molecule has 1 atom stereocenters. The fourth-order valence-electron chi connectivity index (χ4n) is 3.94. The zero-order valence-corrected chi connectivity index (χ0v) is 15.6. The molecule has 0 saturated carbocycles. The van der Waals surface area contributed by atoms with Crippen LogP contribution >= 0.6 is 0 Å². The molecule has 0 bridgehead atoms. The predicted molar refractivity (Wildman–Crippen MR) is 107 cm³/mol. The summed E-state index contributed by atoms with van der Waals surface area (Å²) in [4.78, 5) is 40.9. The Hall–Kier alpha value is -3.15. The minimum atomic E-state index is -0.436. The lowest BCUT2D eigenvalue weighted by Gasteiger charge is -2.29. The van der Waals surface area contributed by atoms with Crippen molar-refractivity contribution < 1.29 is 14.4 Å². The lowest BCUT2D eigenvalue weighted by Crippen LogP contribution is -2.44. The monoisotopic (exact) mass is 377 g/mol. The molecule has 6 nitrogen and oxygen atoms in total. The predicted octanol–water partition coefficient (Wildman–Crippen LogP) is 2.14. The van der Waals surface area contributed by atoms with Crippen LogP contribution in [0.25, 0.3) is 0 Å². The summed E-state index contributed by atoms with van der Waals surface area (Å²) in [5, 5.41) is 2.74. The van der Waals surface area contributed by atoms with Gasteiger partial charge < -0.3 is 15.1 Å². The molecule has 3 amide bonds. The van der Waals surface area contributed by atoms with Crippen LogP contribution in [0.4, 0.5) is 11.4 Å². The van der Waals surface area contributed by atoms with Crippen molar-refractivity contribution in [2.45, 2.75) is 19.3 Å². The van der Waals surface area contributed by atoms with Gasteiger partial charge in [-0.25, -0.2) is 0 Å². The van der Waals surface area contributed by atoms with E-state index in [1.165, 1.54) is 0 Å². The molecule has 0 aliphatic carbocycles. The van der Waals surface area contributed by atoms with E-state index in [9.17, 15) is 14.4 Å². The Kier molecular flexibility index (Phi) is 5.10.